The van der Waals surface area contributed by atoms with Gasteiger partial charge in [0.1, 0.15) is 4.91 Å². The summed E-state index contributed by atoms with van der Waals surface area (Å²) < 4.78 is 9.32. The number of para-hydroxylation sites is 1. The Labute approximate surface area is 195 Å². The first-order chi connectivity index (χ1) is 15.4. The first-order valence-electron chi connectivity index (χ1n) is 10.1. The lowest BCUT2D eigenvalue weighted by Crippen LogP contribution is -2.49. The van der Waals surface area contributed by atoms with Gasteiger partial charge < -0.3 is 14.4 Å². The molecule has 7 nitrogen and oxygen atoms in total. The number of aryl methyl sites for hydroxylation is 1. The van der Waals surface area contributed by atoms with E-state index >= 15 is 0 Å². The first-order valence-corrected chi connectivity index (χ1v) is 11.7. The molecule has 166 valence electrons. The maximum absolute atomic E-state index is 12.8. The van der Waals surface area contributed by atoms with Crippen molar-refractivity contribution in [3.8, 4) is 0 Å². The van der Waals surface area contributed by atoms with E-state index in [1.807, 2.05) is 73.3 Å². The van der Waals surface area contributed by atoms with E-state index < -0.39 is 16.3 Å². The number of nitrogens with zero attached hydrogens (tertiary/aromatic N) is 3. The summed E-state index contributed by atoms with van der Waals surface area (Å²) in [6.07, 6.45) is 0. The number of rotatable bonds is 5. The predicted octanol–water partition coefficient (Wildman–Crippen LogP) is 4.69. The van der Waals surface area contributed by atoms with Crippen LogP contribution in [0.2, 0.25) is 0 Å². The summed E-state index contributed by atoms with van der Waals surface area (Å²) in [5.74, 6) is -0.927. The van der Waals surface area contributed by atoms with Crippen LogP contribution in [0.3, 0.4) is 0 Å². The molecule has 0 radical (unpaired) electrons. The van der Waals surface area contributed by atoms with Crippen molar-refractivity contribution in [3.05, 3.63) is 70.8 Å². The van der Waals surface area contributed by atoms with E-state index in [1.54, 1.807) is 11.9 Å². The fraction of sp³-hybridized carbons (Fsp3) is 0.261. The minimum Gasteiger partial charge on any atom is -0.464 e. The molecule has 2 aliphatic heterocycles. The fourth-order valence-electron chi connectivity index (χ4n) is 3.51. The lowest BCUT2D eigenvalue weighted by Gasteiger charge is -2.41. The van der Waals surface area contributed by atoms with Gasteiger partial charge in [0, 0.05) is 11.4 Å². The van der Waals surface area contributed by atoms with E-state index in [-0.39, 0.29) is 11.7 Å². The van der Waals surface area contributed by atoms with Gasteiger partial charge in [0.15, 0.2) is 0 Å². The largest absolute Gasteiger partial charge is 0.464 e. The Bertz CT molecular complexity index is 1100. The second-order valence-electron chi connectivity index (χ2n) is 7.10. The molecule has 0 N–H and O–H groups in total. The fourth-order valence-corrected chi connectivity index (χ4v) is 6.48. The minimum absolute atomic E-state index is 0.208. The van der Waals surface area contributed by atoms with E-state index in [0.717, 1.165) is 22.6 Å². The third-order valence-electron chi connectivity index (χ3n) is 4.98. The molecule has 0 aromatic heterocycles. The van der Waals surface area contributed by atoms with E-state index in [1.165, 1.54) is 30.6 Å². The Morgan fingerprint density at radius 3 is 2.28 bits per heavy atom. The van der Waals surface area contributed by atoms with Crippen LogP contribution in [0.15, 0.2) is 70.3 Å². The van der Waals surface area contributed by atoms with Crippen molar-refractivity contribution in [2.24, 2.45) is 5.10 Å². The van der Waals surface area contributed by atoms with Gasteiger partial charge >= 0.3 is 11.9 Å². The zero-order chi connectivity index (χ0) is 22.9. The van der Waals surface area contributed by atoms with Gasteiger partial charge in [-0.15, -0.1) is 0 Å². The average molecular weight is 470 g/mol. The summed E-state index contributed by atoms with van der Waals surface area (Å²) in [4.78, 5) is 27.8. The zero-order valence-electron chi connectivity index (χ0n) is 18.2. The molecule has 0 unspecified atom stereocenters. The van der Waals surface area contributed by atoms with Gasteiger partial charge in [-0.1, -0.05) is 47.7 Å². The van der Waals surface area contributed by atoms with Crippen LogP contribution in [0.25, 0.3) is 0 Å². The van der Waals surface area contributed by atoms with E-state index in [2.05, 4.69) is 5.10 Å². The van der Waals surface area contributed by atoms with Gasteiger partial charge in [0.05, 0.1) is 19.4 Å². The Kier molecular flexibility index (Phi) is 6.21. The lowest BCUT2D eigenvalue weighted by molar-refractivity contribution is -0.137. The van der Waals surface area contributed by atoms with Gasteiger partial charge in [-0.05, 0) is 56.8 Å². The molecule has 2 aliphatic rings. The molecule has 1 atom stereocenters. The minimum atomic E-state index is -0.980. The molecule has 4 rings (SSSR count). The number of benzene rings is 2. The maximum atomic E-state index is 12.8. The van der Waals surface area contributed by atoms with Crippen molar-refractivity contribution in [2.45, 2.75) is 25.1 Å². The summed E-state index contributed by atoms with van der Waals surface area (Å²) in [6.45, 7) is 5.93. The van der Waals surface area contributed by atoms with Crippen molar-refractivity contribution >= 4 is 51.9 Å². The monoisotopic (exact) mass is 469 g/mol. The van der Waals surface area contributed by atoms with Crippen molar-refractivity contribution < 1.29 is 19.1 Å². The van der Waals surface area contributed by atoms with E-state index in [4.69, 9.17) is 9.47 Å². The Balaban J connectivity index is 1.89. The van der Waals surface area contributed by atoms with E-state index in [0.29, 0.717) is 4.91 Å². The summed E-state index contributed by atoms with van der Waals surface area (Å²) in [6, 6.07) is 17.6. The van der Waals surface area contributed by atoms with Gasteiger partial charge in [-0.2, -0.15) is 5.10 Å². The Hall–Kier alpha value is -2.91. The smallest absolute Gasteiger partial charge is 0.365 e. The van der Waals surface area contributed by atoms with Crippen molar-refractivity contribution in [3.63, 3.8) is 0 Å². The maximum Gasteiger partial charge on any atom is 0.365 e. The molecule has 1 spiro atoms. The highest BCUT2D eigenvalue weighted by atomic mass is 32.2. The average Bonchev–Trinajstić information content (AvgIpc) is 3.32. The van der Waals surface area contributed by atoms with Gasteiger partial charge in [-0.25, -0.2) is 14.6 Å². The number of carbonyl (C=O) groups excluding carboxylic acids is 2. The van der Waals surface area contributed by atoms with Crippen LogP contribution in [0, 0.1) is 6.92 Å². The zero-order valence-corrected chi connectivity index (χ0v) is 19.8. The normalized spacial score (nSPS) is 20.1. The lowest BCUT2D eigenvalue weighted by atomic mass is 10.2. The highest BCUT2D eigenvalue weighted by Gasteiger charge is 2.58. The predicted molar refractivity (Wildman–Crippen MR) is 129 cm³/mol. The molecule has 2 heterocycles. The summed E-state index contributed by atoms with van der Waals surface area (Å²) in [5.41, 5.74) is 3.48. The third kappa shape index (κ3) is 3.75. The van der Waals surface area contributed by atoms with Crippen molar-refractivity contribution in [1.82, 2.24) is 0 Å². The molecule has 0 aliphatic carbocycles. The number of esters is 2. The number of allylic oxidation sites excluding steroid dienone is 1. The summed E-state index contributed by atoms with van der Waals surface area (Å²) >= 11 is 2.56. The highest BCUT2D eigenvalue weighted by molar-refractivity contribution is 8.29. The number of ether oxygens (including phenoxy) is 2. The van der Waals surface area contributed by atoms with Crippen LogP contribution in [0.1, 0.15) is 19.4 Å². The van der Waals surface area contributed by atoms with E-state index in [9.17, 15) is 9.59 Å². The molecule has 0 saturated carbocycles. The van der Waals surface area contributed by atoms with Crippen LogP contribution in [-0.4, -0.2) is 35.0 Å². The van der Waals surface area contributed by atoms with Crippen molar-refractivity contribution in [2.75, 3.05) is 23.6 Å². The number of carbonyl (C=O) groups is 2. The highest BCUT2D eigenvalue weighted by Crippen LogP contribution is 2.60. The van der Waals surface area contributed by atoms with Gasteiger partial charge in [-0.3, -0.25) is 0 Å². The first kappa shape index (κ1) is 22.3. The van der Waals surface area contributed by atoms with Crippen LogP contribution in [0.4, 0.5) is 11.4 Å². The summed E-state index contributed by atoms with van der Waals surface area (Å²) in [7, 11) is 1.33. The topological polar surface area (TPSA) is 71.4 Å². The number of thioether (sulfide) groups is 2. The molecule has 2 aromatic carbocycles. The number of hydrazone groups is 1. The third-order valence-corrected chi connectivity index (χ3v) is 7.83. The molecular formula is C23H23N3O4S2. The quantitative estimate of drug-likeness (QED) is 0.584. The molecule has 0 bridgehead atoms. The van der Waals surface area contributed by atoms with Crippen LogP contribution in [0.5, 0.6) is 0 Å². The Morgan fingerprint density at radius 1 is 0.969 bits per heavy atom. The second-order valence-corrected chi connectivity index (χ2v) is 9.70. The molecule has 0 fully saturated rings. The van der Waals surface area contributed by atoms with Crippen LogP contribution >= 0.6 is 23.5 Å². The Morgan fingerprint density at radius 2 is 1.66 bits per heavy atom. The number of hydrogen-bond acceptors (Lipinski definition) is 9. The number of methoxy groups -OCH3 is 1. The molecule has 0 saturated heterocycles. The van der Waals surface area contributed by atoms with Crippen LogP contribution < -0.4 is 9.91 Å². The summed E-state index contributed by atoms with van der Waals surface area (Å²) in [5, 5.41) is 6.62. The molecule has 2 aromatic rings. The number of hydrogen-bond donors (Lipinski definition) is 0. The standard InChI is InChI=1S/C23H23N3O4S2/c1-5-30-21(27)19-16(3)25(17-9-7-6-8-10-17)23(31-19)26(18-13-11-15(2)12-14-18)24-20(32-23)22(28)29-4/h6-14H,5H2,1-4H3/t23-/m0/s1. The second kappa shape index (κ2) is 8.91. The molecule has 9 heteroatoms. The molecular weight excluding hydrogens is 446 g/mol. The van der Waals surface area contributed by atoms with Gasteiger partial charge in [0.25, 0.3) is 0 Å². The molecule has 32 heavy (non-hydrogen) atoms. The van der Waals surface area contributed by atoms with Gasteiger partial charge in [0.2, 0.25) is 9.37 Å². The molecule has 0 amide bonds. The SMILES string of the molecule is CCOC(=O)C1=C(C)N(c2ccccc2)[C@@]2(SC(C(=O)OC)=NN2c2ccc(C)cc2)S1. The number of anilines is 2. The van der Waals surface area contributed by atoms with Crippen LogP contribution in [-0.2, 0) is 19.1 Å². The van der Waals surface area contributed by atoms with Crippen molar-refractivity contribution in [1.29, 1.82) is 0 Å².